The van der Waals surface area contributed by atoms with Crippen LogP contribution >= 0.6 is 0 Å². The van der Waals surface area contributed by atoms with E-state index in [1.807, 2.05) is 0 Å². The number of fused-ring (bicyclic) bond motifs is 1. The van der Waals surface area contributed by atoms with Gasteiger partial charge in [-0.05, 0) is 47.9 Å². The van der Waals surface area contributed by atoms with E-state index in [9.17, 15) is 4.79 Å². The standard InChI is InChI=1S/C20H24N2O/c21-13-17-7-3-4-10-22(17)20(23)19-12-18(19)16-9-8-14-5-1-2-6-15(14)11-16/h1-2,5-6,8-9,11,17-19H,3-4,7,10,12-13,21H2. The lowest BCUT2D eigenvalue weighted by atomic mass is 10.00. The van der Waals surface area contributed by atoms with E-state index in [0.29, 0.717) is 18.4 Å². The largest absolute Gasteiger partial charge is 0.338 e. The summed E-state index contributed by atoms with van der Waals surface area (Å²) in [6, 6.07) is 15.3. The van der Waals surface area contributed by atoms with Gasteiger partial charge in [0.2, 0.25) is 5.91 Å². The van der Waals surface area contributed by atoms with E-state index in [1.165, 1.54) is 22.8 Å². The highest BCUT2D eigenvalue weighted by Crippen LogP contribution is 2.49. The van der Waals surface area contributed by atoms with Crippen molar-refractivity contribution in [3.05, 3.63) is 48.0 Å². The van der Waals surface area contributed by atoms with Crippen LogP contribution in [0.2, 0.25) is 0 Å². The number of carbonyl (C=O) groups excluding carboxylic acids is 1. The van der Waals surface area contributed by atoms with Gasteiger partial charge in [0.1, 0.15) is 0 Å². The molecule has 3 unspecified atom stereocenters. The molecule has 0 bridgehead atoms. The predicted octanol–water partition coefficient (Wildman–Crippen LogP) is 3.28. The van der Waals surface area contributed by atoms with Gasteiger partial charge < -0.3 is 10.6 Å². The van der Waals surface area contributed by atoms with Gasteiger partial charge >= 0.3 is 0 Å². The Labute approximate surface area is 137 Å². The molecule has 1 aliphatic carbocycles. The van der Waals surface area contributed by atoms with E-state index in [4.69, 9.17) is 5.73 Å². The molecule has 1 amide bonds. The van der Waals surface area contributed by atoms with Gasteiger partial charge in [-0.1, -0.05) is 42.5 Å². The van der Waals surface area contributed by atoms with Crippen LogP contribution in [0.3, 0.4) is 0 Å². The molecule has 1 heterocycles. The lowest BCUT2D eigenvalue weighted by Crippen LogP contribution is -2.48. The second kappa shape index (κ2) is 5.97. The molecule has 2 aromatic carbocycles. The average Bonchev–Trinajstić information content (AvgIpc) is 3.41. The number of rotatable bonds is 3. The van der Waals surface area contributed by atoms with Crippen molar-refractivity contribution in [3.8, 4) is 0 Å². The summed E-state index contributed by atoms with van der Waals surface area (Å²) in [4.78, 5) is 14.9. The lowest BCUT2D eigenvalue weighted by Gasteiger charge is -2.35. The van der Waals surface area contributed by atoms with Gasteiger partial charge in [0, 0.05) is 25.0 Å². The molecule has 1 saturated carbocycles. The molecule has 0 aromatic heterocycles. The fourth-order valence-electron chi connectivity index (χ4n) is 4.02. The number of carbonyl (C=O) groups is 1. The first-order chi connectivity index (χ1) is 11.3. The molecule has 4 rings (SSSR count). The maximum absolute atomic E-state index is 12.8. The van der Waals surface area contributed by atoms with Crippen LogP contribution in [0.4, 0.5) is 0 Å². The summed E-state index contributed by atoms with van der Waals surface area (Å²) in [7, 11) is 0. The fraction of sp³-hybridized carbons (Fsp3) is 0.450. The van der Waals surface area contributed by atoms with E-state index in [2.05, 4.69) is 47.4 Å². The van der Waals surface area contributed by atoms with E-state index < -0.39 is 0 Å². The summed E-state index contributed by atoms with van der Waals surface area (Å²) < 4.78 is 0. The number of nitrogens with zero attached hydrogens (tertiary/aromatic N) is 1. The van der Waals surface area contributed by atoms with Crippen molar-refractivity contribution in [1.29, 1.82) is 0 Å². The van der Waals surface area contributed by atoms with E-state index in [-0.39, 0.29) is 12.0 Å². The topological polar surface area (TPSA) is 46.3 Å². The summed E-state index contributed by atoms with van der Waals surface area (Å²) >= 11 is 0. The van der Waals surface area contributed by atoms with Gasteiger partial charge in [-0.2, -0.15) is 0 Å². The SMILES string of the molecule is NCC1CCCCN1C(=O)C1CC1c1ccc2ccccc2c1. The zero-order valence-electron chi connectivity index (χ0n) is 13.4. The maximum atomic E-state index is 12.8. The Morgan fingerprint density at radius 2 is 1.96 bits per heavy atom. The number of hydrogen-bond acceptors (Lipinski definition) is 2. The van der Waals surface area contributed by atoms with Crippen LogP contribution in [0.15, 0.2) is 42.5 Å². The van der Waals surface area contributed by atoms with Crippen molar-refractivity contribution in [1.82, 2.24) is 4.90 Å². The smallest absolute Gasteiger partial charge is 0.226 e. The van der Waals surface area contributed by atoms with Crippen LogP contribution in [0.25, 0.3) is 10.8 Å². The molecule has 3 nitrogen and oxygen atoms in total. The first-order valence-electron chi connectivity index (χ1n) is 8.77. The highest BCUT2D eigenvalue weighted by molar-refractivity contribution is 5.86. The molecule has 0 radical (unpaired) electrons. The molecule has 3 heteroatoms. The average molecular weight is 308 g/mol. The molecule has 2 fully saturated rings. The van der Waals surface area contributed by atoms with E-state index in [0.717, 1.165) is 25.8 Å². The maximum Gasteiger partial charge on any atom is 0.226 e. The van der Waals surface area contributed by atoms with Gasteiger partial charge in [0.05, 0.1) is 0 Å². The van der Waals surface area contributed by atoms with E-state index >= 15 is 0 Å². The minimum atomic E-state index is 0.170. The van der Waals surface area contributed by atoms with Gasteiger partial charge in [-0.25, -0.2) is 0 Å². The van der Waals surface area contributed by atoms with Crippen LogP contribution < -0.4 is 5.73 Å². The van der Waals surface area contributed by atoms with Crippen molar-refractivity contribution in [2.75, 3.05) is 13.1 Å². The third kappa shape index (κ3) is 2.74. The Morgan fingerprint density at radius 1 is 1.13 bits per heavy atom. The Balaban J connectivity index is 1.50. The molecular formula is C20H24N2O. The molecule has 2 aromatic rings. The fourth-order valence-corrected chi connectivity index (χ4v) is 4.02. The zero-order valence-corrected chi connectivity index (χ0v) is 13.4. The third-order valence-electron chi connectivity index (χ3n) is 5.49. The van der Waals surface area contributed by atoms with Crippen LogP contribution in [0.5, 0.6) is 0 Å². The molecule has 1 saturated heterocycles. The second-order valence-electron chi connectivity index (χ2n) is 6.97. The Hall–Kier alpha value is -1.87. The quantitative estimate of drug-likeness (QED) is 0.946. The van der Waals surface area contributed by atoms with Gasteiger partial charge in [-0.3, -0.25) is 4.79 Å². The first-order valence-corrected chi connectivity index (χ1v) is 8.77. The number of likely N-dealkylation sites (tertiary alicyclic amines) is 1. The molecule has 3 atom stereocenters. The Kier molecular flexibility index (Phi) is 3.82. The van der Waals surface area contributed by atoms with Crippen LogP contribution in [0, 0.1) is 5.92 Å². The molecule has 120 valence electrons. The van der Waals surface area contributed by atoms with Crippen molar-refractivity contribution in [3.63, 3.8) is 0 Å². The van der Waals surface area contributed by atoms with Crippen molar-refractivity contribution in [2.45, 2.75) is 37.6 Å². The van der Waals surface area contributed by atoms with Crippen LogP contribution in [0.1, 0.15) is 37.2 Å². The molecule has 0 spiro atoms. The third-order valence-corrected chi connectivity index (χ3v) is 5.49. The van der Waals surface area contributed by atoms with Gasteiger partial charge in [0.25, 0.3) is 0 Å². The first kappa shape index (κ1) is 14.7. The summed E-state index contributed by atoms with van der Waals surface area (Å²) in [5.41, 5.74) is 7.17. The lowest BCUT2D eigenvalue weighted by molar-refractivity contribution is -0.136. The zero-order chi connectivity index (χ0) is 15.8. The van der Waals surface area contributed by atoms with Crippen LogP contribution in [-0.2, 0) is 4.79 Å². The molecule has 23 heavy (non-hydrogen) atoms. The molecule has 1 aliphatic heterocycles. The molecule has 2 N–H and O–H groups in total. The minimum absolute atomic E-state index is 0.170. The number of nitrogens with two attached hydrogens (primary N) is 1. The molecule has 2 aliphatic rings. The highest BCUT2D eigenvalue weighted by Gasteiger charge is 2.47. The number of hydrogen-bond donors (Lipinski definition) is 1. The monoisotopic (exact) mass is 308 g/mol. The minimum Gasteiger partial charge on any atom is -0.338 e. The predicted molar refractivity (Wildman–Crippen MR) is 93.2 cm³/mol. The summed E-state index contributed by atoms with van der Waals surface area (Å²) in [5, 5.41) is 2.53. The van der Waals surface area contributed by atoms with Crippen molar-refractivity contribution >= 4 is 16.7 Å². The number of benzene rings is 2. The van der Waals surface area contributed by atoms with E-state index in [1.54, 1.807) is 0 Å². The highest BCUT2D eigenvalue weighted by atomic mass is 16.2. The summed E-state index contributed by atoms with van der Waals surface area (Å²) in [6.07, 6.45) is 4.38. The van der Waals surface area contributed by atoms with Gasteiger partial charge in [0.15, 0.2) is 0 Å². The van der Waals surface area contributed by atoms with Crippen LogP contribution in [-0.4, -0.2) is 29.9 Å². The molecular weight excluding hydrogens is 284 g/mol. The van der Waals surface area contributed by atoms with Crippen molar-refractivity contribution in [2.24, 2.45) is 11.7 Å². The summed E-state index contributed by atoms with van der Waals surface area (Å²) in [6.45, 7) is 1.49. The second-order valence-corrected chi connectivity index (χ2v) is 6.97. The Bertz CT molecular complexity index is 726. The van der Waals surface area contributed by atoms with Crippen molar-refractivity contribution < 1.29 is 4.79 Å². The summed E-state index contributed by atoms with van der Waals surface area (Å²) in [5.74, 6) is 0.897. The number of amides is 1. The van der Waals surface area contributed by atoms with Gasteiger partial charge in [-0.15, -0.1) is 0 Å². The normalized spacial score (nSPS) is 27.2. The number of piperidine rings is 1. The Morgan fingerprint density at radius 3 is 2.78 bits per heavy atom.